The minimum Gasteiger partial charge on any atom is -0.377 e. The molecule has 8 heteroatoms. The number of piperidine rings is 1. The number of halogens is 1. The van der Waals surface area contributed by atoms with E-state index in [0.29, 0.717) is 11.9 Å². The van der Waals surface area contributed by atoms with Crippen molar-refractivity contribution in [2.75, 3.05) is 25.1 Å². The lowest BCUT2D eigenvalue weighted by Crippen LogP contribution is -2.48. The highest BCUT2D eigenvalue weighted by Gasteiger charge is 2.32. The van der Waals surface area contributed by atoms with Crippen molar-refractivity contribution in [3.8, 4) is 5.95 Å². The van der Waals surface area contributed by atoms with E-state index in [4.69, 9.17) is 16.3 Å². The fraction of sp³-hybridized carbons (Fsp3) is 0.538. The number of nitrogens with zero attached hydrogens (tertiary/aromatic N) is 6. The third kappa shape index (κ3) is 2.98. The highest BCUT2D eigenvalue weighted by molar-refractivity contribution is 6.28. The smallest absolute Gasteiger partial charge is 0.241 e. The van der Waals surface area contributed by atoms with E-state index in [1.165, 1.54) is 0 Å². The van der Waals surface area contributed by atoms with Gasteiger partial charge in [0.2, 0.25) is 17.2 Å². The molecule has 1 saturated heterocycles. The summed E-state index contributed by atoms with van der Waals surface area (Å²) in [4.78, 5) is 18.9. The van der Waals surface area contributed by atoms with Crippen molar-refractivity contribution in [1.29, 1.82) is 0 Å². The van der Waals surface area contributed by atoms with Gasteiger partial charge in [0, 0.05) is 32.6 Å². The predicted molar refractivity (Wildman–Crippen MR) is 78.8 cm³/mol. The molecule has 1 fully saturated rings. The van der Waals surface area contributed by atoms with Crippen molar-refractivity contribution in [3.63, 3.8) is 0 Å². The molecule has 7 nitrogen and oxygen atoms in total. The van der Waals surface area contributed by atoms with E-state index in [0.717, 1.165) is 25.9 Å². The summed E-state index contributed by atoms with van der Waals surface area (Å²) in [7, 11) is 1.74. The number of imidazole rings is 1. The van der Waals surface area contributed by atoms with Gasteiger partial charge in [-0.2, -0.15) is 15.0 Å². The maximum absolute atomic E-state index is 6.04. The van der Waals surface area contributed by atoms with E-state index in [2.05, 4.69) is 31.8 Å². The Balaban J connectivity index is 1.92. The van der Waals surface area contributed by atoms with Crippen molar-refractivity contribution in [1.82, 2.24) is 24.5 Å². The number of aromatic nitrogens is 5. The molecule has 2 aromatic rings. The molecule has 0 bridgehead atoms. The van der Waals surface area contributed by atoms with Gasteiger partial charge in [-0.25, -0.2) is 4.98 Å². The average molecular weight is 309 g/mol. The van der Waals surface area contributed by atoms with Gasteiger partial charge in [0.25, 0.3) is 0 Å². The Morgan fingerprint density at radius 3 is 2.81 bits per heavy atom. The maximum atomic E-state index is 6.04. The molecule has 21 heavy (non-hydrogen) atoms. The molecule has 112 valence electrons. The molecule has 0 aliphatic carbocycles. The third-order valence-electron chi connectivity index (χ3n) is 3.75. The van der Waals surface area contributed by atoms with Crippen LogP contribution in [0.3, 0.4) is 0 Å². The van der Waals surface area contributed by atoms with Gasteiger partial charge >= 0.3 is 0 Å². The molecular formula is C13H17ClN6O. The number of ether oxygens (including phenoxy) is 1. The second kappa shape index (κ2) is 5.57. The summed E-state index contributed by atoms with van der Waals surface area (Å²) < 4.78 is 7.31. The van der Waals surface area contributed by atoms with Crippen molar-refractivity contribution in [2.45, 2.75) is 25.4 Å². The fourth-order valence-electron chi connectivity index (χ4n) is 2.51. The molecule has 3 heterocycles. The lowest BCUT2D eigenvalue weighted by molar-refractivity contribution is -0.00499. The first kappa shape index (κ1) is 14.2. The van der Waals surface area contributed by atoms with Gasteiger partial charge < -0.3 is 9.64 Å². The van der Waals surface area contributed by atoms with Crippen LogP contribution in [0.2, 0.25) is 5.28 Å². The summed E-state index contributed by atoms with van der Waals surface area (Å²) in [6, 6.07) is 0. The molecule has 0 amide bonds. The molecule has 0 N–H and O–H groups in total. The van der Waals surface area contributed by atoms with Crippen molar-refractivity contribution in [3.05, 3.63) is 24.0 Å². The molecule has 0 aromatic carbocycles. The minimum absolute atomic E-state index is 0.174. The van der Waals surface area contributed by atoms with Gasteiger partial charge in [0.1, 0.15) is 6.33 Å². The summed E-state index contributed by atoms with van der Waals surface area (Å²) in [5, 5.41) is 0.174. The molecule has 0 saturated carbocycles. The first-order valence-corrected chi connectivity index (χ1v) is 7.17. The zero-order valence-corrected chi connectivity index (χ0v) is 12.8. The van der Waals surface area contributed by atoms with Crippen LogP contribution in [0.4, 0.5) is 5.95 Å². The minimum atomic E-state index is -0.188. The summed E-state index contributed by atoms with van der Waals surface area (Å²) in [6.07, 6.45) is 7.11. The normalized spacial score (nSPS) is 22.5. The second-order valence-electron chi connectivity index (χ2n) is 5.35. The monoisotopic (exact) mass is 308 g/mol. The number of hydrogen-bond donors (Lipinski definition) is 0. The Hall–Kier alpha value is -1.73. The Morgan fingerprint density at radius 1 is 1.29 bits per heavy atom. The Labute approximate surface area is 128 Å². The van der Waals surface area contributed by atoms with Gasteiger partial charge in [-0.05, 0) is 31.4 Å². The number of hydrogen-bond acceptors (Lipinski definition) is 6. The SMILES string of the molecule is COC1(C)CCCN(c2nc(Cl)nc(-n3ccnc3)n2)C1. The lowest BCUT2D eigenvalue weighted by atomic mass is 9.95. The van der Waals surface area contributed by atoms with Crippen LogP contribution in [0.25, 0.3) is 5.95 Å². The van der Waals surface area contributed by atoms with Crippen LogP contribution in [0.5, 0.6) is 0 Å². The molecule has 1 aliphatic heterocycles. The summed E-state index contributed by atoms with van der Waals surface area (Å²) >= 11 is 6.04. The average Bonchev–Trinajstić information content (AvgIpc) is 3.01. The molecular weight excluding hydrogens is 292 g/mol. The Morgan fingerprint density at radius 2 is 2.10 bits per heavy atom. The topological polar surface area (TPSA) is 69.0 Å². The summed E-state index contributed by atoms with van der Waals surface area (Å²) in [5.74, 6) is 1.04. The maximum Gasteiger partial charge on any atom is 0.241 e. The van der Waals surface area contributed by atoms with Crippen LogP contribution in [-0.2, 0) is 4.74 Å². The van der Waals surface area contributed by atoms with Gasteiger partial charge in [0.15, 0.2) is 0 Å². The third-order valence-corrected chi connectivity index (χ3v) is 3.92. The van der Waals surface area contributed by atoms with Crippen LogP contribution in [-0.4, -0.2) is 50.3 Å². The van der Waals surface area contributed by atoms with Gasteiger partial charge in [-0.3, -0.25) is 4.57 Å². The first-order valence-electron chi connectivity index (χ1n) is 6.80. The van der Waals surface area contributed by atoms with E-state index in [1.807, 2.05) is 0 Å². The standard InChI is InChI=1S/C13H17ClN6O/c1-13(21-2)4-3-6-19(8-13)11-16-10(14)17-12(18-11)20-7-5-15-9-20/h5,7,9H,3-4,6,8H2,1-2H3. The molecule has 2 aromatic heterocycles. The van der Waals surface area contributed by atoms with Crippen LogP contribution < -0.4 is 4.90 Å². The van der Waals surface area contributed by atoms with Crippen LogP contribution in [0.1, 0.15) is 19.8 Å². The molecule has 3 rings (SSSR count). The number of methoxy groups -OCH3 is 1. The number of anilines is 1. The zero-order valence-electron chi connectivity index (χ0n) is 12.0. The van der Waals surface area contributed by atoms with Crippen LogP contribution >= 0.6 is 11.6 Å². The molecule has 1 atom stereocenters. The Bertz CT molecular complexity index is 619. The number of rotatable bonds is 3. The second-order valence-corrected chi connectivity index (χ2v) is 5.69. The van der Waals surface area contributed by atoms with Crippen LogP contribution in [0.15, 0.2) is 18.7 Å². The highest BCUT2D eigenvalue weighted by atomic mass is 35.5. The molecule has 1 aliphatic rings. The lowest BCUT2D eigenvalue weighted by Gasteiger charge is -2.39. The zero-order chi connectivity index (χ0) is 14.9. The summed E-state index contributed by atoms with van der Waals surface area (Å²) in [5.41, 5.74) is -0.188. The highest BCUT2D eigenvalue weighted by Crippen LogP contribution is 2.26. The van der Waals surface area contributed by atoms with Crippen LogP contribution in [0, 0.1) is 0 Å². The van der Waals surface area contributed by atoms with E-state index in [1.54, 1.807) is 30.4 Å². The van der Waals surface area contributed by atoms with Crippen molar-refractivity contribution in [2.24, 2.45) is 0 Å². The van der Waals surface area contributed by atoms with E-state index in [-0.39, 0.29) is 10.9 Å². The quantitative estimate of drug-likeness (QED) is 0.860. The van der Waals surface area contributed by atoms with Gasteiger partial charge in [0.05, 0.1) is 5.60 Å². The van der Waals surface area contributed by atoms with E-state index < -0.39 is 0 Å². The molecule has 0 radical (unpaired) electrons. The van der Waals surface area contributed by atoms with Crippen molar-refractivity contribution < 1.29 is 4.74 Å². The van der Waals surface area contributed by atoms with E-state index >= 15 is 0 Å². The largest absolute Gasteiger partial charge is 0.377 e. The predicted octanol–water partition coefficient (Wildman–Crippen LogP) is 1.72. The Kier molecular flexibility index (Phi) is 3.77. The molecule has 0 spiro atoms. The molecule has 1 unspecified atom stereocenters. The fourth-order valence-corrected chi connectivity index (χ4v) is 2.66. The van der Waals surface area contributed by atoms with E-state index in [9.17, 15) is 0 Å². The summed E-state index contributed by atoms with van der Waals surface area (Å²) in [6.45, 7) is 3.70. The van der Waals surface area contributed by atoms with Gasteiger partial charge in [-0.1, -0.05) is 0 Å². The first-order chi connectivity index (χ1) is 10.1. The van der Waals surface area contributed by atoms with Crippen molar-refractivity contribution >= 4 is 17.5 Å². The van der Waals surface area contributed by atoms with Gasteiger partial charge in [-0.15, -0.1) is 0 Å².